The smallest absolute Gasteiger partial charge is 0.260 e. The number of carbonyl (C=O) groups excluding carboxylic acids is 1. The Bertz CT molecular complexity index is 625. The molecule has 2 rings (SSSR count). The molecule has 0 radical (unpaired) electrons. The first-order valence-corrected chi connectivity index (χ1v) is 7.16. The number of carbonyl (C=O) groups is 1. The van der Waals surface area contributed by atoms with Gasteiger partial charge in [-0.05, 0) is 19.1 Å². The molecule has 22 heavy (non-hydrogen) atoms. The van der Waals surface area contributed by atoms with Crippen LogP contribution < -0.4 is 9.47 Å². The molecule has 6 nitrogen and oxygen atoms in total. The van der Waals surface area contributed by atoms with E-state index in [1.54, 1.807) is 28.9 Å². The van der Waals surface area contributed by atoms with Crippen molar-refractivity contribution in [2.75, 3.05) is 20.3 Å². The summed E-state index contributed by atoms with van der Waals surface area (Å²) in [4.78, 5) is 13.7. The molecular formula is C16H21N3O3. The first-order chi connectivity index (χ1) is 10.6. The maximum Gasteiger partial charge on any atom is 0.260 e. The van der Waals surface area contributed by atoms with Gasteiger partial charge in [0.25, 0.3) is 5.91 Å². The molecule has 0 N–H and O–H groups in total. The molecule has 0 bridgehead atoms. The van der Waals surface area contributed by atoms with E-state index in [2.05, 4.69) is 5.10 Å². The zero-order valence-corrected chi connectivity index (χ0v) is 13.2. The summed E-state index contributed by atoms with van der Waals surface area (Å²) in [5, 5.41) is 4.09. The standard InChI is InChI=1S/C16H21N3O3/c1-4-21-14-7-5-6-8-15(14)22-12-16(20)18(2)10-13-9-17-19(3)11-13/h5-9,11H,4,10,12H2,1-3H3. The molecule has 0 fully saturated rings. The number of benzene rings is 1. The highest BCUT2D eigenvalue weighted by Crippen LogP contribution is 2.26. The minimum Gasteiger partial charge on any atom is -0.490 e. The normalized spacial score (nSPS) is 10.3. The highest BCUT2D eigenvalue weighted by Gasteiger charge is 2.12. The molecule has 1 aromatic heterocycles. The number of para-hydroxylation sites is 2. The van der Waals surface area contributed by atoms with Crippen molar-refractivity contribution in [1.29, 1.82) is 0 Å². The predicted octanol–water partition coefficient (Wildman–Crippen LogP) is 1.86. The van der Waals surface area contributed by atoms with Gasteiger partial charge >= 0.3 is 0 Å². The predicted molar refractivity (Wildman–Crippen MR) is 82.8 cm³/mol. The van der Waals surface area contributed by atoms with E-state index in [9.17, 15) is 4.79 Å². The van der Waals surface area contributed by atoms with Crippen LogP contribution in [-0.4, -0.2) is 40.8 Å². The average Bonchev–Trinajstić information content (AvgIpc) is 2.91. The molecule has 0 aliphatic heterocycles. The first kappa shape index (κ1) is 15.9. The van der Waals surface area contributed by atoms with Gasteiger partial charge in [-0.25, -0.2) is 0 Å². The third-order valence-electron chi connectivity index (χ3n) is 3.10. The Morgan fingerprint density at radius 1 is 1.27 bits per heavy atom. The van der Waals surface area contributed by atoms with E-state index in [0.29, 0.717) is 24.7 Å². The van der Waals surface area contributed by atoms with Gasteiger partial charge in [0.1, 0.15) is 0 Å². The number of hydrogen-bond acceptors (Lipinski definition) is 4. The highest BCUT2D eigenvalue weighted by molar-refractivity contribution is 5.77. The Balaban J connectivity index is 1.89. The maximum absolute atomic E-state index is 12.1. The second-order valence-corrected chi connectivity index (χ2v) is 4.94. The van der Waals surface area contributed by atoms with Gasteiger partial charge in [0.05, 0.1) is 12.8 Å². The average molecular weight is 303 g/mol. The topological polar surface area (TPSA) is 56.6 Å². The van der Waals surface area contributed by atoms with Gasteiger partial charge in [-0.2, -0.15) is 5.10 Å². The van der Waals surface area contributed by atoms with Crippen molar-refractivity contribution >= 4 is 5.91 Å². The minimum atomic E-state index is -0.102. The Labute approximate surface area is 130 Å². The Hall–Kier alpha value is -2.50. The molecule has 1 aromatic carbocycles. The molecule has 1 heterocycles. The quantitative estimate of drug-likeness (QED) is 0.783. The summed E-state index contributed by atoms with van der Waals surface area (Å²) in [6.45, 7) is 2.93. The lowest BCUT2D eigenvalue weighted by Gasteiger charge is -2.17. The summed E-state index contributed by atoms with van der Waals surface area (Å²) in [5.41, 5.74) is 0.980. The van der Waals surface area contributed by atoms with Crippen molar-refractivity contribution in [2.45, 2.75) is 13.5 Å². The zero-order valence-electron chi connectivity index (χ0n) is 13.2. The van der Waals surface area contributed by atoms with Crippen LogP contribution in [0.1, 0.15) is 12.5 Å². The number of nitrogens with zero attached hydrogens (tertiary/aromatic N) is 3. The van der Waals surface area contributed by atoms with E-state index in [-0.39, 0.29) is 12.5 Å². The number of aryl methyl sites for hydroxylation is 1. The highest BCUT2D eigenvalue weighted by atomic mass is 16.5. The van der Waals surface area contributed by atoms with Crippen LogP contribution in [0, 0.1) is 0 Å². The summed E-state index contributed by atoms with van der Waals surface area (Å²) in [6, 6.07) is 7.33. The fourth-order valence-electron chi connectivity index (χ4n) is 2.01. The van der Waals surface area contributed by atoms with E-state index in [1.807, 2.05) is 38.4 Å². The van der Waals surface area contributed by atoms with E-state index in [4.69, 9.17) is 9.47 Å². The van der Waals surface area contributed by atoms with E-state index < -0.39 is 0 Å². The second-order valence-electron chi connectivity index (χ2n) is 4.94. The lowest BCUT2D eigenvalue weighted by molar-refractivity contribution is -0.132. The van der Waals surface area contributed by atoms with Crippen molar-refractivity contribution in [2.24, 2.45) is 7.05 Å². The number of likely N-dealkylation sites (N-methyl/N-ethyl adjacent to an activating group) is 1. The van der Waals surface area contributed by atoms with E-state index in [0.717, 1.165) is 5.56 Å². The van der Waals surface area contributed by atoms with Crippen molar-refractivity contribution in [3.05, 3.63) is 42.2 Å². The summed E-state index contributed by atoms with van der Waals surface area (Å²) in [7, 11) is 3.59. The molecule has 118 valence electrons. The first-order valence-electron chi connectivity index (χ1n) is 7.16. The van der Waals surface area contributed by atoms with Crippen molar-refractivity contribution < 1.29 is 14.3 Å². The van der Waals surface area contributed by atoms with Gasteiger partial charge in [-0.15, -0.1) is 0 Å². The molecular weight excluding hydrogens is 282 g/mol. The van der Waals surface area contributed by atoms with Gasteiger partial charge in [-0.1, -0.05) is 12.1 Å². The third kappa shape index (κ3) is 4.25. The molecule has 0 aliphatic carbocycles. The summed E-state index contributed by atoms with van der Waals surface area (Å²) in [6.07, 6.45) is 3.63. The number of rotatable bonds is 7. The van der Waals surface area contributed by atoms with Crippen LogP contribution in [-0.2, 0) is 18.4 Å². The number of hydrogen-bond donors (Lipinski definition) is 0. The number of aromatic nitrogens is 2. The lowest BCUT2D eigenvalue weighted by atomic mass is 10.3. The molecule has 6 heteroatoms. The molecule has 0 saturated heterocycles. The van der Waals surface area contributed by atoms with Gasteiger partial charge in [0.15, 0.2) is 18.1 Å². The summed E-state index contributed by atoms with van der Waals surface area (Å²) < 4.78 is 12.8. The Morgan fingerprint density at radius 3 is 2.55 bits per heavy atom. The Kier molecular flexibility index (Phi) is 5.41. The van der Waals surface area contributed by atoms with Crippen molar-refractivity contribution in [3.8, 4) is 11.5 Å². The van der Waals surface area contributed by atoms with Gasteiger partial charge in [0, 0.05) is 32.4 Å². The maximum atomic E-state index is 12.1. The van der Waals surface area contributed by atoms with Crippen LogP contribution in [0.3, 0.4) is 0 Å². The van der Waals surface area contributed by atoms with Crippen LogP contribution in [0.25, 0.3) is 0 Å². The molecule has 0 spiro atoms. The van der Waals surface area contributed by atoms with Crippen LogP contribution in [0.5, 0.6) is 11.5 Å². The molecule has 2 aromatic rings. The van der Waals surface area contributed by atoms with Gasteiger partial charge in [-0.3, -0.25) is 9.48 Å². The van der Waals surface area contributed by atoms with Crippen LogP contribution in [0.2, 0.25) is 0 Å². The van der Waals surface area contributed by atoms with Crippen LogP contribution >= 0.6 is 0 Å². The van der Waals surface area contributed by atoms with E-state index in [1.165, 1.54) is 0 Å². The number of amides is 1. The molecule has 0 aliphatic rings. The molecule has 0 unspecified atom stereocenters. The van der Waals surface area contributed by atoms with Crippen LogP contribution in [0.4, 0.5) is 0 Å². The largest absolute Gasteiger partial charge is 0.490 e. The van der Waals surface area contributed by atoms with Crippen LogP contribution in [0.15, 0.2) is 36.7 Å². The van der Waals surface area contributed by atoms with Crippen molar-refractivity contribution in [1.82, 2.24) is 14.7 Å². The third-order valence-corrected chi connectivity index (χ3v) is 3.10. The van der Waals surface area contributed by atoms with Gasteiger partial charge in [0.2, 0.25) is 0 Å². The molecule has 0 atom stereocenters. The zero-order chi connectivity index (χ0) is 15.9. The SMILES string of the molecule is CCOc1ccccc1OCC(=O)N(C)Cc1cnn(C)c1. The summed E-state index contributed by atoms with van der Waals surface area (Å²) in [5.74, 6) is 1.12. The monoisotopic (exact) mass is 303 g/mol. The summed E-state index contributed by atoms with van der Waals surface area (Å²) >= 11 is 0. The fraction of sp³-hybridized carbons (Fsp3) is 0.375. The lowest BCUT2D eigenvalue weighted by Crippen LogP contribution is -2.30. The minimum absolute atomic E-state index is 0.0269. The molecule has 1 amide bonds. The van der Waals surface area contributed by atoms with Gasteiger partial charge < -0.3 is 14.4 Å². The molecule has 0 saturated carbocycles. The van der Waals surface area contributed by atoms with Crippen molar-refractivity contribution in [3.63, 3.8) is 0 Å². The second kappa shape index (κ2) is 7.49. The van der Waals surface area contributed by atoms with E-state index >= 15 is 0 Å². The Morgan fingerprint density at radius 2 is 1.95 bits per heavy atom. The number of ether oxygens (including phenoxy) is 2. The fourth-order valence-corrected chi connectivity index (χ4v) is 2.01.